The number of ether oxygens (including phenoxy) is 3. The molecule has 0 aromatic heterocycles. The summed E-state index contributed by atoms with van der Waals surface area (Å²) < 4.78 is 18.8. The standard InChI is InChI=1S/2C42H40N2O.C40H36N2O/c1-29-7-11-34(12-8-29)35-13-15-37(16-14-35)44(42-26-10-31(3)28-33(42)5)38-19-23-40(24-20-38)45-39-21-17-36(18-22-39)43(6)41-25-9-30(2)27-32(41)4;1-29-7-11-34(12-8-29)35-13-17-37(18-14-35)44(40-16-10-31(3)33(5)28-40)38-21-25-42(26-22-38)45-41-23-19-36(20-24-41)43(6)39-15-9-30(2)32(4)27-39;1-29-5-11-32(12-6-29)33-13-19-37(20-14-33)42(36-17-9-31(3)10-18-36)38-23-27-40(28-24-38)43-39-25-21-35(22-26-39)41(4)34-15-7-30(2)8-16-34/h2*7-28H,1-6H3;5-28H,1-4H3. The van der Waals surface area contributed by atoms with E-state index in [2.05, 4.69) is 480 Å². The molecule has 0 heterocycles. The molecule has 0 fully saturated rings. The summed E-state index contributed by atoms with van der Waals surface area (Å²) >= 11 is 0. The zero-order chi connectivity index (χ0) is 92.8. The first-order chi connectivity index (χ1) is 64.4. The second-order valence-corrected chi connectivity index (χ2v) is 35.0. The van der Waals surface area contributed by atoms with E-state index in [1.165, 1.54) is 117 Å². The van der Waals surface area contributed by atoms with Crippen molar-refractivity contribution in [2.24, 2.45) is 0 Å². The zero-order valence-corrected chi connectivity index (χ0v) is 79.2. The monoisotopic (exact) mass is 1740 g/mol. The van der Waals surface area contributed by atoms with Gasteiger partial charge in [0.25, 0.3) is 0 Å². The summed E-state index contributed by atoms with van der Waals surface area (Å²) in [5.41, 5.74) is 40.4. The molecular formula is C124H116N6O3. The van der Waals surface area contributed by atoms with Gasteiger partial charge in [-0.15, -0.1) is 0 Å². The predicted octanol–water partition coefficient (Wildman–Crippen LogP) is 35.2. The van der Waals surface area contributed by atoms with Gasteiger partial charge in [-0.1, -0.05) is 209 Å². The maximum absolute atomic E-state index is 6.28. The van der Waals surface area contributed by atoms with Crippen molar-refractivity contribution >= 4 is 85.3 Å². The number of hydrogen-bond donors (Lipinski definition) is 0. The first kappa shape index (κ1) is 90.5. The van der Waals surface area contributed by atoms with Gasteiger partial charge in [0.05, 0.1) is 0 Å². The number of anilines is 15. The van der Waals surface area contributed by atoms with Gasteiger partial charge >= 0.3 is 0 Å². The van der Waals surface area contributed by atoms with Crippen molar-refractivity contribution in [1.82, 2.24) is 0 Å². The Bertz CT molecular complexity index is 6930. The fourth-order valence-electron chi connectivity index (χ4n) is 16.5. The molecule has 0 bridgehead atoms. The largest absolute Gasteiger partial charge is 0.457 e. The van der Waals surface area contributed by atoms with Gasteiger partial charge in [0, 0.05) is 106 Å². The van der Waals surface area contributed by atoms with Gasteiger partial charge in [-0.2, -0.15) is 0 Å². The van der Waals surface area contributed by atoms with Crippen molar-refractivity contribution in [2.45, 2.75) is 90.0 Å². The number of benzene rings is 18. The van der Waals surface area contributed by atoms with Crippen molar-refractivity contribution in [2.75, 3.05) is 50.5 Å². The van der Waals surface area contributed by atoms with Crippen LogP contribution in [0.2, 0.25) is 0 Å². The maximum Gasteiger partial charge on any atom is 0.127 e. The van der Waals surface area contributed by atoms with Crippen LogP contribution in [0.4, 0.5) is 85.3 Å². The summed E-state index contributed by atoms with van der Waals surface area (Å²) in [6.45, 7) is 27.8. The third-order valence-corrected chi connectivity index (χ3v) is 24.8. The zero-order valence-electron chi connectivity index (χ0n) is 79.2. The van der Waals surface area contributed by atoms with Crippen LogP contribution in [0.3, 0.4) is 0 Å². The third kappa shape index (κ3) is 22.4. The SMILES string of the molecule is Cc1ccc(-c2ccc(N(c3ccc(C)cc3)c3ccc(Oc4ccc(N(C)c5ccc(C)cc5)cc4)cc3)cc2)cc1.Cc1ccc(-c2ccc(N(c3ccc(Oc4ccc(N(C)c5ccc(C)c(C)c5)cc4)cc3)c3ccc(C)c(C)c3)cc2)cc1.Cc1ccc(-c2ccc(N(c3ccc(Oc4ccc(N(C)c5ccc(C)cc5C)cc4)cc3)c3ccc(C)cc3C)cc2)cc1. The van der Waals surface area contributed by atoms with E-state index in [1.807, 2.05) is 72.8 Å². The van der Waals surface area contributed by atoms with Crippen LogP contribution in [-0.2, 0) is 0 Å². The fourth-order valence-corrected chi connectivity index (χ4v) is 16.5. The fraction of sp³-hybridized carbons (Fsp3) is 0.129. The molecule has 0 aliphatic carbocycles. The molecule has 133 heavy (non-hydrogen) atoms. The molecular weight excluding hydrogens is 1620 g/mol. The Kier molecular flexibility index (Phi) is 28.1. The van der Waals surface area contributed by atoms with Gasteiger partial charge in [-0.3, -0.25) is 0 Å². The normalized spacial score (nSPS) is 10.9. The molecule has 0 aliphatic heterocycles. The van der Waals surface area contributed by atoms with E-state index in [-0.39, 0.29) is 0 Å². The highest BCUT2D eigenvalue weighted by atomic mass is 16.5. The van der Waals surface area contributed by atoms with E-state index >= 15 is 0 Å². The van der Waals surface area contributed by atoms with Crippen molar-refractivity contribution < 1.29 is 14.2 Å². The summed E-state index contributed by atoms with van der Waals surface area (Å²) in [6, 6.07) is 146. The summed E-state index contributed by atoms with van der Waals surface area (Å²) in [4.78, 5) is 13.5. The van der Waals surface area contributed by atoms with E-state index in [0.717, 1.165) is 108 Å². The van der Waals surface area contributed by atoms with Crippen molar-refractivity contribution in [3.05, 3.63) is 485 Å². The molecule has 660 valence electrons. The van der Waals surface area contributed by atoms with Crippen molar-refractivity contribution in [3.63, 3.8) is 0 Å². The molecule has 0 N–H and O–H groups in total. The van der Waals surface area contributed by atoms with E-state index in [4.69, 9.17) is 14.2 Å². The van der Waals surface area contributed by atoms with Crippen LogP contribution < -0.4 is 43.6 Å². The summed E-state index contributed by atoms with van der Waals surface area (Å²) in [7, 11) is 6.27. The maximum atomic E-state index is 6.28. The molecule has 9 nitrogen and oxygen atoms in total. The number of aryl methyl sites for hydroxylation is 13. The molecule has 9 heteroatoms. The lowest BCUT2D eigenvalue weighted by atomic mass is 10.0. The third-order valence-electron chi connectivity index (χ3n) is 24.8. The molecule has 18 rings (SSSR count). The average Bonchev–Trinajstić information content (AvgIpc) is 0.846. The van der Waals surface area contributed by atoms with Crippen LogP contribution in [0.1, 0.15) is 72.3 Å². The smallest absolute Gasteiger partial charge is 0.127 e. The van der Waals surface area contributed by atoms with Gasteiger partial charge in [0.15, 0.2) is 0 Å². The quantitative estimate of drug-likeness (QED) is 0.0589. The lowest BCUT2D eigenvalue weighted by Crippen LogP contribution is -2.11. The minimum absolute atomic E-state index is 0.793. The Morgan fingerprint density at radius 3 is 0.624 bits per heavy atom. The highest BCUT2D eigenvalue weighted by Crippen LogP contribution is 2.44. The topological polar surface area (TPSA) is 47.1 Å². The Morgan fingerprint density at radius 2 is 0.331 bits per heavy atom. The van der Waals surface area contributed by atoms with Gasteiger partial charge < -0.3 is 43.6 Å². The lowest BCUT2D eigenvalue weighted by Gasteiger charge is -2.27. The minimum Gasteiger partial charge on any atom is -0.457 e. The van der Waals surface area contributed by atoms with Gasteiger partial charge in [0.1, 0.15) is 34.5 Å². The highest BCUT2D eigenvalue weighted by molar-refractivity contribution is 5.84. The summed E-state index contributed by atoms with van der Waals surface area (Å²) in [6.07, 6.45) is 0. The molecule has 18 aromatic rings. The van der Waals surface area contributed by atoms with E-state index in [0.29, 0.717) is 0 Å². The molecule has 0 spiro atoms. The minimum atomic E-state index is 0.793. The van der Waals surface area contributed by atoms with E-state index in [1.54, 1.807) is 0 Å². The molecule has 0 saturated heterocycles. The number of hydrogen-bond acceptors (Lipinski definition) is 9. The Hall–Kier alpha value is -15.8. The highest BCUT2D eigenvalue weighted by Gasteiger charge is 2.21. The van der Waals surface area contributed by atoms with Crippen molar-refractivity contribution in [1.29, 1.82) is 0 Å². The van der Waals surface area contributed by atoms with Crippen LogP contribution in [-0.4, -0.2) is 21.1 Å². The molecule has 18 aromatic carbocycles. The van der Waals surface area contributed by atoms with Crippen LogP contribution in [0, 0.1) is 90.0 Å². The molecule has 0 unspecified atom stereocenters. The van der Waals surface area contributed by atoms with E-state index < -0.39 is 0 Å². The molecule has 0 amide bonds. The van der Waals surface area contributed by atoms with Gasteiger partial charge in [0.2, 0.25) is 0 Å². The van der Waals surface area contributed by atoms with Crippen LogP contribution in [0.5, 0.6) is 34.5 Å². The van der Waals surface area contributed by atoms with Gasteiger partial charge in [-0.05, 0) is 399 Å². The Balaban J connectivity index is 0.000000145. The van der Waals surface area contributed by atoms with Gasteiger partial charge in [-0.25, -0.2) is 0 Å². The van der Waals surface area contributed by atoms with Crippen LogP contribution in [0.15, 0.2) is 413 Å². The van der Waals surface area contributed by atoms with Crippen LogP contribution in [0.25, 0.3) is 33.4 Å². The first-order valence-electron chi connectivity index (χ1n) is 45.6. The van der Waals surface area contributed by atoms with Crippen molar-refractivity contribution in [3.8, 4) is 67.9 Å². The second kappa shape index (κ2) is 41.3. The first-order valence-corrected chi connectivity index (χ1v) is 45.6. The molecule has 0 aliphatic rings. The molecule has 0 atom stereocenters. The average molecular weight is 1740 g/mol. The number of rotatable bonds is 24. The van der Waals surface area contributed by atoms with E-state index in [9.17, 15) is 0 Å². The molecule has 0 saturated carbocycles. The molecule has 0 radical (unpaired) electrons. The second-order valence-electron chi connectivity index (χ2n) is 35.0. The predicted molar refractivity (Wildman–Crippen MR) is 564 cm³/mol. The lowest BCUT2D eigenvalue weighted by molar-refractivity contribution is 0.482. The van der Waals surface area contributed by atoms with Crippen LogP contribution >= 0.6 is 0 Å². The summed E-state index contributed by atoms with van der Waals surface area (Å²) in [5, 5.41) is 0. The Labute approximate surface area is 787 Å². The summed E-state index contributed by atoms with van der Waals surface area (Å²) in [5.74, 6) is 4.79. The Morgan fingerprint density at radius 1 is 0.135 bits per heavy atom. The number of nitrogens with zero attached hydrogens (tertiary/aromatic N) is 6.